The predicted octanol–water partition coefficient (Wildman–Crippen LogP) is 1.93. The smallest absolute Gasteiger partial charge is 0.254 e. The van der Waals surface area contributed by atoms with Crippen molar-refractivity contribution in [2.45, 2.75) is 31.9 Å². The molecule has 4 nitrogen and oxygen atoms in total. The van der Waals surface area contributed by atoms with Crippen LogP contribution in [0.4, 0.5) is 0 Å². The highest BCUT2D eigenvalue weighted by Crippen LogP contribution is 2.23. The first-order chi connectivity index (χ1) is 10.2. The van der Waals surface area contributed by atoms with Gasteiger partial charge in [-0.15, -0.1) is 0 Å². The minimum atomic E-state index is 0.177. The van der Waals surface area contributed by atoms with Crippen molar-refractivity contribution < 1.29 is 9.53 Å². The highest BCUT2D eigenvalue weighted by Gasteiger charge is 2.36. The van der Waals surface area contributed by atoms with Crippen molar-refractivity contribution in [1.29, 1.82) is 0 Å². The summed E-state index contributed by atoms with van der Waals surface area (Å²) in [6.45, 7) is 5.92. The van der Waals surface area contributed by atoms with E-state index in [2.05, 4.69) is 4.90 Å². The minimum absolute atomic E-state index is 0.177. The maximum Gasteiger partial charge on any atom is 0.254 e. The third-order valence-corrected chi connectivity index (χ3v) is 4.85. The molecule has 4 heteroatoms. The summed E-state index contributed by atoms with van der Waals surface area (Å²) in [5.74, 6) is 0.177. The number of ether oxygens (including phenoxy) is 1. The van der Waals surface area contributed by atoms with Gasteiger partial charge in [0, 0.05) is 44.9 Å². The highest BCUT2D eigenvalue weighted by molar-refractivity contribution is 5.96. The lowest BCUT2D eigenvalue weighted by Crippen LogP contribution is -2.62. The van der Waals surface area contributed by atoms with Crippen LogP contribution in [0.5, 0.6) is 0 Å². The molecular weight excluding hydrogens is 264 g/mol. The molecule has 0 atom stereocenters. The van der Waals surface area contributed by atoms with Gasteiger partial charge in [0.25, 0.3) is 5.91 Å². The maximum atomic E-state index is 12.5. The molecule has 114 valence electrons. The third-order valence-electron chi connectivity index (χ3n) is 4.85. The molecular formula is C17H24N2O2. The second-order valence-corrected chi connectivity index (χ2v) is 6.15. The number of benzene rings is 1. The van der Waals surface area contributed by atoms with Crippen molar-refractivity contribution in [2.24, 2.45) is 0 Å². The average Bonchev–Trinajstić information content (AvgIpc) is 2.47. The highest BCUT2D eigenvalue weighted by atomic mass is 16.5. The van der Waals surface area contributed by atoms with Crippen LogP contribution in [0.3, 0.4) is 0 Å². The van der Waals surface area contributed by atoms with Gasteiger partial charge >= 0.3 is 0 Å². The van der Waals surface area contributed by atoms with Gasteiger partial charge in [-0.05, 0) is 31.4 Å². The van der Waals surface area contributed by atoms with Crippen LogP contribution in [0, 0.1) is 6.92 Å². The molecule has 0 N–H and O–H groups in total. The second kappa shape index (κ2) is 6.16. The van der Waals surface area contributed by atoms with Crippen LogP contribution < -0.4 is 0 Å². The summed E-state index contributed by atoms with van der Waals surface area (Å²) < 4.78 is 5.41. The van der Waals surface area contributed by atoms with Crippen LogP contribution in [0.1, 0.15) is 28.8 Å². The van der Waals surface area contributed by atoms with E-state index in [-0.39, 0.29) is 5.91 Å². The van der Waals surface area contributed by atoms with Crippen molar-refractivity contribution in [1.82, 2.24) is 9.80 Å². The zero-order chi connectivity index (χ0) is 14.8. The van der Waals surface area contributed by atoms with E-state index in [0.717, 1.165) is 50.1 Å². The van der Waals surface area contributed by atoms with E-state index in [1.807, 2.05) is 36.1 Å². The molecule has 0 aromatic heterocycles. The van der Waals surface area contributed by atoms with Crippen molar-refractivity contribution in [2.75, 3.05) is 33.3 Å². The van der Waals surface area contributed by atoms with Crippen LogP contribution >= 0.6 is 0 Å². The molecule has 2 saturated heterocycles. The Morgan fingerprint density at radius 2 is 1.86 bits per heavy atom. The molecule has 21 heavy (non-hydrogen) atoms. The van der Waals surface area contributed by atoms with Crippen LogP contribution in [-0.2, 0) is 4.74 Å². The van der Waals surface area contributed by atoms with E-state index in [9.17, 15) is 4.79 Å². The van der Waals surface area contributed by atoms with Crippen molar-refractivity contribution >= 4 is 5.91 Å². The van der Waals surface area contributed by atoms with Crippen molar-refractivity contribution in [3.63, 3.8) is 0 Å². The Labute approximate surface area is 126 Å². The summed E-state index contributed by atoms with van der Waals surface area (Å²) >= 11 is 0. The van der Waals surface area contributed by atoms with Gasteiger partial charge in [0.15, 0.2) is 0 Å². The van der Waals surface area contributed by atoms with Gasteiger partial charge in [-0.25, -0.2) is 0 Å². The number of carbonyl (C=O) groups excluding carboxylic acids is 1. The molecule has 0 radical (unpaired) electrons. The largest absolute Gasteiger partial charge is 0.381 e. The van der Waals surface area contributed by atoms with Crippen LogP contribution in [0.2, 0.25) is 0 Å². The lowest BCUT2D eigenvalue weighted by atomic mass is 9.99. The molecule has 1 aromatic carbocycles. The van der Waals surface area contributed by atoms with E-state index in [4.69, 9.17) is 4.74 Å². The number of amides is 1. The Kier molecular flexibility index (Phi) is 4.27. The number of methoxy groups -OCH3 is 1. The molecule has 2 heterocycles. The lowest BCUT2D eigenvalue weighted by Gasteiger charge is -2.47. The van der Waals surface area contributed by atoms with Gasteiger partial charge < -0.3 is 9.64 Å². The van der Waals surface area contributed by atoms with E-state index < -0.39 is 0 Å². The van der Waals surface area contributed by atoms with E-state index >= 15 is 0 Å². The number of rotatable bonds is 3. The number of piperidine rings is 1. The fraction of sp³-hybridized carbons (Fsp3) is 0.588. The monoisotopic (exact) mass is 288 g/mol. The number of aryl methyl sites for hydroxylation is 1. The maximum absolute atomic E-state index is 12.5. The van der Waals surface area contributed by atoms with E-state index in [1.165, 1.54) is 0 Å². The molecule has 2 aliphatic heterocycles. The van der Waals surface area contributed by atoms with Crippen molar-refractivity contribution in [3.05, 3.63) is 35.4 Å². The summed E-state index contributed by atoms with van der Waals surface area (Å²) in [6.07, 6.45) is 2.64. The Balaban J connectivity index is 1.52. The molecule has 0 unspecified atom stereocenters. The Bertz CT molecular complexity index is 503. The average molecular weight is 288 g/mol. The Hall–Kier alpha value is -1.39. The number of hydrogen-bond acceptors (Lipinski definition) is 3. The van der Waals surface area contributed by atoms with E-state index in [0.29, 0.717) is 12.1 Å². The standard InChI is InChI=1S/C17H24N2O2/c1-13-5-3-4-6-16(13)17(20)19-11-14(12-19)18-9-7-15(21-2)8-10-18/h3-6,14-15H,7-12H2,1-2H3. The molecule has 2 aliphatic rings. The lowest BCUT2D eigenvalue weighted by molar-refractivity contribution is -0.0120. The summed E-state index contributed by atoms with van der Waals surface area (Å²) in [4.78, 5) is 16.9. The number of hydrogen-bond donors (Lipinski definition) is 0. The summed E-state index contributed by atoms with van der Waals surface area (Å²) in [5, 5.41) is 0. The molecule has 0 spiro atoms. The van der Waals surface area contributed by atoms with Crippen molar-refractivity contribution in [3.8, 4) is 0 Å². The molecule has 0 bridgehead atoms. The zero-order valence-electron chi connectivity index (χ0n) is 12.9. The summed E-state index contributed by atoms with van der Waals surface area (Å²) in [6, 6.07) is 8.38. The summed E-state index contributed by atoms with van der Waals surface area (Å²) in [5.41, 5.74) is 1.90. The zero-order valence-corrected chi connectivity index (χ0v) is 12.9. The third kappa shape index (κ3) is 2.97. The fourth-order valence-electron chi connectivity index (χ4n) is 3.31. The molecule has 0 aliphatic carbocycles. The fourth-order valence-corrected chi connectivity index (χ4v) is 3.31. The van der Waals surface area contributed by atoms with Gasteiger partial charge in [-0.1, -0.05) is 18.2 Å². The quantitative estimate of drug-likeness (QED) is 0.852. The number of likely N-dealkylation sites (tertiary alicyclic amines) is 2. The van der Waals surface area contributed by atoms with E-state index in [1.54, 1.807) is 7.11 Å². The topological polar surface area (TPSA) is 32.8 Å². The molecule has 3 rings (SSSR count). The Morgan fingerprint density at radius 1 is 1.19 bits per heavy atom. The van der Waals surface area contributed by atoms with Gasteiger partial charge in [0.1, 0.15) is 0 Å². The SMILES string of the molecule is COC1CCN(C2CN(C(=O)c3ccccc3C)C2)CC1. The minimum Gasteiger partial charge on any atom is -0.381 e. The normalized spacial score (nSPS) is 21.3. The molecule has 2 fully saturated rings. The van der Waals surface area contributed by atoms with Crippen LogP contribution in [-0.4, -0.2) is 61.1 Å². The van der Waals surface area contributed by atoms with Gasteiger partial charge in [-0.3, -0.25) is 9.69 Å². The van der Waals surface area contributed by atoms with Crippen LogP contribution in [0.15, 0.2) is 24.3 Å². The first-order valence-electron chi connectivity index (χ1n) is 7.81. The predicted molar refractivity (Wildman–Crippen MR) is 82.5 cm³/mol. The number of nitrogens with zero attached hydrogens (tertiary/aromatic N) is 2. The second-order valence-electron chi connectivity index (χ2n) is 6.15. The molecule has 0 saturated carbocycles. The number of carbonyl (C=O) groups is 1. The van der Waals surface area contributed by atoms with Gasteiger partial charge in [0.05, 0.1) is 6.10 Å². The Morgan fingerprint density at radius 3 is 2.48 bits per heavy atom. The molecule has 1 amide bonds. The van der Waals surface area contributed by atoms with Gasteiger partial charge in [-0.2, -0.15) is 0 Å². The first kappa shape index (κ1) is 14.5. The van der Waals surface area contributed by atoms with Crippen LogP contribution in [0.25, 0.3) is 0 Å². The van der Waals surface area contributed by atoms with Gasteiger partial charge in [0.2, 0.25) is 0 Å². The summed E-state index contributed by atoms with van der Waals surface area (Å²) in [7, 11) is 1.80. The first-order valence-corrected chi connectivity index (χ1v) is 7.81. The molecule has 1 aromatic rings.